The van der Waals surface area contributed by atoms with Crippen LogP contribution in [0.1, 0.15) is 32.3 Å². The van der Waals surface area contributed by atoms with Crippen LogP contribution in [0.4, 0.5) is 10.5 Å². The van der Waals surface area contributed by atoms with E-state index < -0.39 is 11.6 Å². The maximum Gasteiger partial charge on any atom is 0.322 e. The van der Waals surface area contributed by atoms with Crippen LogP contribution in [-0.2, 0) is 9.59 Å². The molecule has 7 nitrogen and oxygen atoms in total. The summed E-state index contributed by atoms with van der Waals surface area (Å²) < 4.78 is 0. The number of hydrogen-bond acceptors (Lipinski definition) is 4. The molecule has 3 rings (SSSR count). The van der Waals surface area contributed by atoms with Crippen molar-refractivity contribution in [3.05, 3.63) is 35.4 Å². The first-order chi connectivity index (χ1) is 13.2. The van der Waals surface area contributed by atoms with Crippen molar-refractivity contribution in [2.75, 3.05) is 24.5 Å². The van der Waals surface area contributed by atoms with Crippen molar-refractivity contribution in [2.24, 2.45) is 0 Å². The van der Waals surface area contributed by atoms with E-state index in [-0.39, 0.29) is 30.7 Å². The molecule has 150 valence electrons. The van der Waals surface area contributed by atoms with Gasteiger partial charge >= 0.3 is 6.03 Å². The van der Waals surface area contributed by atoms with Crippen LogP contribution in [0.5, 0.6) is 0 Å². The van der Waals surface area contributed by atoms with Gasteiger partial charge in [-0.2, -0.15) is 0 Å². The average molecular weight is 405 g/mol. The molecule has 0 aliphatic carbocycles. The van der Waals surface area contributed by atoms with Crippen molar-refractivity contribution in [3.63, 3.8) is 0 Å². The van der Waals surface area contributed by atoms with Gasteiger partial charge < -0.3 is 15.1 Å². The van der Waals surface area contributed by atoms with Gasteiger partial charge in [0.1, 0.15) is 5.54 Å². The van der Waals surface area contributed by atoms with Crippen LogP contribution >= 0.6 is 11.6 Å². The summed E-state index contributed by atoms with van der Waals surface area (Å²) in [7, 11) is 0. The molecular weight excluding hydrogens is 380 g/mol. The van der Waals surface area contributed by atoms with Crippen molar-refractivity contribution < 1.29 is 14.4 Å². The van der Waals surface area contributed by atoms with E-state index in [1.807, 2.05) is 23.1 Å². The quantitative estimate of drug-likeness (QED) is 0.738. The number of halogens is 1. The molecule has 2 heterocycles. The molecule has 2 fully saturated rings. The van der Waals surface area contributed by atoms with Gasteiger partial charge in [0.05, 0.1) is 0 Å². The molecule has 2 aliphatic rings. The van der Waals surface area contributed by atoms with Crippen LogP contribution in [0.25, 0.3) is 6.08 Å². The number of imide groups is 1. The number of benzene rings is 1. The number of anilines is 1. The third-order valence-corrected chi connectivity index (χ3v) is 5.63. The molecule has 8 heteroatoms. The zero-order valence-electron chi connectivity index (χ0n) is 16.1. The number of rotatable bonds is 5. The normalized spacial score (nSPS) is 24.8. The van der Waals surface area contributed by atoms with Gasteiger partial charge in [0.25, 0.3) is 5.91 Å². The summed E-state index contributed by atoms with van der Waals surface area (Å²) in [6, 6.07) is 5.43. The number of carbonyl (C=O) groups is 3. The standard InChI is InChI=1S/C20H25ClN4O3/c1-4-14-9-15(21)11-16(10-14)25-8-7-24(12-13(25)2)17(26)5-6-20(3)18(27)22-19(28)23-20/h4,9-11,13H,1,5-8,12H2,2-3H3,(H2,22,23,27,28)/t13-,20?/m0/s1. The minimum Gasteiger partial charge on any atom is -0.365 e. The Morgan fingerprint density at radius 1 is 1.36 bits per heavy atom. The highest BCUT2D eigenvalue weighted by atomic mass is 35.5. The second-order valence-electron chi connectivity index (χ2n) is 7.57. The summed E-state index contributed by atoms with van der Waals surface area (Å²) in [6.07, 6.45) is 2.24. The molecule has 0 saturated carbocycles. The van der Waals surface area contributed by atoms with E-state index in [0.717, 1.165) is 11.3 Å². The number of nitrogens with zero attached hydrogens (tertiary/aromatic N) is 2. The Balaban J connectivity index is 1.60. The Labute approximate surface area is 169 Å². The zero-order valence-corrected chi connectivity index (χ0v) is 16.9. The van der Waals surface area contributed by atoms with E-state index in [0.29, 0.717) is 24.7 Å². The number of hydrogen-bond donors (Lipinski definition) is 2. The lowest BCUT2D eigenvalue weighted by Gasteiger charge is -2.41. The monoisotopic (exact) mass is 404 g/mol. The maximum absolute atomic E-state index is 12.7. The molecule has 1 unspecified atom stereocenters. The highest BCUT2D eigenvalue weighted by molar-refractivity contribution is 6.31. The third-order valence-electron chi connectivity index (χ3n) is 5.41. The molecule has 2 N–H and O–H groups in total. The lowest BCUT2D eigenvalue weighted by molar-refractivity contribution is -0.132. The number of piperazine rings is 1. The fourth-order valence-electron chi connectivity index (χ4n) is 3.72. The molecule has 28 heavy (non-hydrogen) atoms. The van der Waals surface area contributed by atoms with Crippen molar-refractivity contribution in [1.29, 1.82) is 0 Å². The fourth-order valence-corrected chi connectivity index (χ4v) is 3.96. The van der Waals surface area contributed by atoms with E-state index >= 15 is 0 Å². The first-order valence-electron chi connectivity index (χ1n) is 9.33. The number of nitrogens with one attached hydrogen (secondary N) is 2. The van der Waals surface area contributed by atoms with Crippen molar-refractivity contribution in [2.45, 2.75) is 38.3 Å². The maximum atomic E-state index is 12.7. The molecule has 1 aromatic carbocycles. The second kappa shape index (κ2) is 7.83. The van der Waals surface area contributed by atoms with Crippen molar-refractivity contribution in [3.8, 4) is 0 Å². The van der Waals surface area contributed by atoms with E-state index in [1.54, 1.807) is 13.0 Å². The van der Waals surface area contributed by atoms with Crippen LogP contribution in [0.3, 0.4) is 0 Å². The minimum atomic E-state index is -1.03. The van der Waals surface area contributed by atoms with Gasteiger partial charge in [0, 0.05) is 42.8 Å². The molecular formula is C20H25ClN4O3. The van der Waals surface area contributed by atoms with Crippen molar-refractivity contribution in [1.82, 2.24) is 15.5 Å². The van der Waals surface area contributed by atoms with E-state index in [4.69, 9.17) is 11.6 Å². The first-order valence-corrected chi connectivity index (χ1v) is 9.71. The Bertz CT molecular complexity index is 828. The summed E-state index contributed by atoms with van der Waals surface area (Å²) in [5, 5.41) is 5.47. The Morgan fingerprint density at radius 3 is 2.71 bits per heavy atom. The molecule has 4 amide bonds. The molecule has 0 spiro atoms. The summed E-state index contributed by atoms with van der Waals surface area (Å²) >= 11 is 6.21. The van der Waals surface area contributed by atoms with Crippen LogP contribution in [-0.4, -0.2) is 54.0 Å². The highest BCUT2D eigenvalue weighted by Crippen LogP contribution is 2.27. The molecule has 1 aromatic rings. The molecule has 0 bridgehead atoms. The lowest BCUT2D eigenvalue weighted by atomic mass is 9.95. The van der Waals surface area contributed by atoms with Crippen LogP contribution in [0, 0.1) is 0 Å². The summed E-state index contributed by atoms with van der Waals surface area (Å²) in [6.45, 7) is 9.37. The smallest absolute Gasteiger partial charge is 0.322 e. The summed E-state index contributed by atoms with van der Waals surface area (Å²) in [4.78, 5) is 39.9. The van der Waals surface area contributed by atoms with Gasteiger partial charge in [0.15, 0.2) is 0 Å². The van der Waals surface area contributed by atoms with E-state index in [2.05, 4.69) is 29.0 Å². The Hall–Kier alpha value is -2.54. The molecule has 0 radical (unpaired) electrons. The first kappa shape index (κ1) is 20.2. The molecule has 2 aliphatic heterocycles. The minimum absolute atomic E-state index is 0.0143. The summed E-state index contributed by atoms with van der Waals surface area (Å²) in [5.41, 5.74) is 0.945. The van der Waals surface area contributed by atoms with Gasteiger partial charge in [-0.15, -0.1) is 0 Å². The highest BCUT2D eigenvalue weighted by Gasteiger charge is 2.42. The predicted octanol–water partition coefficient (Wildman–Crippen LogP) is 2.40. The largest absolute Gasteiger partial charge is 0.365 e. The third kappa shape index (κ3) is 4.14. The molecule has 0 aromatic heterocycles. The van der Waals surface area contributed by atoms with Gasteiger partial charge in [0.2, 0.25) is 5.91 Å². The molecule has 2 saturated heterocycles. The lowest BCUT2D eigenvalue weighted by Crippen LogP contribution is -2.54. The average Bonchev–Trinajstić information content (AvgIpc) is 2.91. The van der Waals surface area contributed by atoms with Gasteiger partial charge in [-0.25, -0.2) is 4.79 Å². The SMILES string of the molecule is C=Cc1cc(Cl)cc(N2CCN(C(=O)CCC3(C)NC(=O)NC3=O)C[C@@H]2C)c1. The topological polar surface area (TPSA) is 81.8 Å². The van der Waals surface area contributed by atoms with Gasteiger partial charge in [-0.05, 0) is 44.0 Å². The number of amides is 4. The second-order valence-corrected chi connectivity index (χ2v) is 8.01. The van der Waals surface area contributed by atoms with E-state index in [9.17, 15) is 14.4 Å². The zero-order chi connectivity index (χ0) is 20.5. The van der Waals surface area contributed by atoms with Gasteiger partial charge in [-0.1, -0.05) is 24.3 Å². The van der Waals surface area contributed by atoms with Gasteiger partial charge in [-0.3, -0.25) is 14.9 Å². The molecule has 2 atom stereocenters. The number of carbonyl (C=O) groups excluding carboxylic acids is 3. The van der Waals surface area contributed by atoms with Crippen LogP contribution in [0.15, 0.2) is 24.8 Å². The van der Waals surface area contributed by atoms with Crippen LogP contribution in [0.2, 0.25) is 5.02 Å². The van der Waals surface area contributed by atoms with Crippen LogP contribution < -0.4 is 15.5 Å². The fraction of sp³-hybridized carbons (Fsp3) is 0.450. The van der Waals surface area contributed by atoms with E-state index in [1.165, 1.54) is 0 Å². The number of urea groups is 1. The van der Waals surface area contributed by atoms with Crippen molar-refractivity contribution >= 4 is 41.2 Å². The Morgan fingerprint density at radius 2 is 2.11 bits per heavy atom. The Kier molecular flexibility index (Phi) is 5.65. The predicted molar refractivity (Wildman–Crippen MR) is 109 cm³/mol. The summed E-state index contributed by atoms with van der Waals surface area (Å²) in [5.74, 6) is -0.401.